The Morgan fingerprint density at radius 3 is 2.31 bits per heavy atom. The van der Waals surface area contributed by atoms with Gasteiger partial charge in [-0.15, -0.1) is 0 Å². The van der Waals surface area contributed by atoms with Crippen LogP contribution in [0.15, 0.2) is 0 Å². The Bertz CT molecular complexity index is 207. The highest BCUT2D eigenvalue weighted by Gasteiger charge is 2.19. The zero-order valence-electron chi connectivity index (χ0n) is 10.9. The number of methoxy groups -OCH3 is 1. The number of ether oxygens (including phenoxy) is 1. The number of nitrogens with zero attached hydrogens (tertiary/aromatic N) is 1. The maximum Gasteiger partial charge on any atom is 0.318 e. The molecule has 0 rings (SSSR count). The highest BCUT2D eigenvalue weighted by Crippen LogP contribution is 2.01. The lowest BCUT2D eigenvalue weighted by atomic mass is 10.3. The molecule has 0 saturated heterocycles. The van der Waals surface area contributed by atoms with Crippen molar-refractivity contribution in [2.75, 3.05) is 20.3 Å². The van der Waals surface area contributed by atoms with E-state index in [2.05, 4.69) is 5.32 Å². The number of aliphatic hydroxyl groups is 1. The summed E-state index contributed by atoms with van der Waals surface area (Å²) in [5.74, 6) is 0. The van der Waals surface area contributed by atoms with Crippen LogP contribution in [0.4, 0.5) is 4.79 Å². The van der Waals surface area contributed by atoms with Crippen LogP contribution in [0, 0.1) is 0 Å². The van der Waals surface area contributed by atoms with Crippen LogP contribution in [0.1, 0.15) is 27.7 Å². The van der Waals surface area contributed by atoms with Crippen molar-refractivity contribution >= 4 is 6.03 Å². The fourth-order valence-electron chi connectivity index (χ4n) is 1.40. The molecule has 16 heavy (non-hydrogen) atoms. The van der Waals surface area contributed by atoms with Gasteiger partial charge in [0.2, 0.25) is 0 Å². The maximum atomic E-state index is 11.9. The van der Waals surface area contributed by atoms with E-state index in [9.17, 15) is 9.90 Å². The summed E-state index contributed by atoms with van der Waals surface area (Å²) in [4.78, 5) is 13.5. The van der Waals surface area contributed by atoms with E-state index in [-0.39, 0.29) is 18.1 Å². The second kappa shape index (κ2) is 7.46. The smallest absolute Gasteiger partial charge is 0.318 e. The lowest BCUT2D eigenvalue weighted by molar-refractivity contribution is 0.113. The van der Waals surface area contributed by atoms with Crippen molar-refractivity contribution in [3.05, 3.63) is 0 Å². The lowest BCUT2D eigenvalue weighted by Crippen LogP contribution is -2.50. The van der Waals surface area contributed by atoms with Crippen LogP contribution in [0.25, 0.3) is 0 Å². The Labute approximate surface area is 97.8 Å². The number of hydrogen-bond acceptors (Lipinski definition) is 3. The summed E-state index contributed by atoms with van der Waals surface area (Å²) < 4.78 is 4.94. The first kappa shape index (κ1) is 15.2. The van der Waals surface area contributed by atoms with Crippen LogP contribution >= 0.6 is 0 Å². The monoisotopic (exact) mass is 232 g/mol. The van der Waals surface area contributed by atoms with Crippen molar-refractivity contribution in [1.82, 2.24) is 10.2 Å². The van der Waals surface area contributed by atoms with Gasteiger partial charge >= 0.3 is 6.03 Å². The number of rotatable bonds is 6. The van der Waals surface area contributed by atoms with Gasteiger partial charge in [-0.1, -0.05) is 0 Å². The van der Waals surface area contributed by atoms with Crippen molar-refractivity contribution in [3.8, 4) is 0 Å². The maximum absolute atomic E-state index is 11.9. The fraction of sp³-hybridized carbons (Fsp3) is 0.909. The second-order valence-corrected chi connectivity index (χ2v) is 4.40. The largest absolute Gasteiger partial charge is 0.392 e. The molecule has 0 aliphatic carbocycles. The first-order chi connectivity index (χ1) is 7.38. The highest BCUT2D eigenvalue weighted by atomic mass is 16.5. The molecule has 0 radical (unpaired) electrons. The molecule has 0 spiro atoms. The van der Waals surface area contributed by atoms with Gasteiger partial charge in [-0.05, 0) is 27.7 Å². The van der Waals surface area contributed by atoms with Gasteiger partial charge in [0.15, 0.2) is 0 Å². The first-order valence-electron chi connectivity index (χ1n) is 5.62. The molecule has 2 atom stereocenters. The molecule has 96 valence electrons. The molecule has 0 aliphatic heterocycles. The highest BCUT2D eigenvalue weighted by molar-refractivity contribution is 5.74. The van der Waals surface area contributed by atoms with Crippen LogP contribution in [0.3, 0.4) is 0 Å². The van der Waals surface area contributed by atoms with E-state index in [0.717, 1.165) is 0 Å². The first-order valence-corrected chi connectivity index (χ1v) is 5.62. The average molecular weight is 232 g/mol. The van der Waals surface area contributed by atoms with Crippen LogP contribution in [-0.4, -0.2) is 54.5 Å². The molecule has 0 fully saturated rings. The lowest BCUT2D eigenvalue weighted by Gasteiger charge is -2.29. The molecule has 0 bridgehead atoms. The minimum atomic E-state index is -0.522. The number of urea groups is 1. The number of amides is 2. The van der Waals surface area contributed by atoms with Gasteiger partial charge in [-0.25, -0.2) is 4.79 Å². The molecule has 5 heteroatoms. The molecule has 5 nitrogen and oxygen atoms in total. The molecule has 2 amide bonds. The number of aliphatic hydroxyl groups excluding tert-OH is 1. The quantitative estimate of drug-likeness (QED) is 0.713. The molecule has 0 saturated carbocycles. The zero-order valence-corrected chi connectivity index (χ0v) is 10.9. The van der Waals surface area contributed by atoms with E-state index >= 15 is 0 Å². The third-order valence-electron chi connectivity index (χ3n) is 2.13. The van der Waals surface area contributed by atoms with E-state index < -0.39 is 6.10 Å². The molecular formula is C11H24N2O3. The topological polar surface area (TPSA) is 61.8 Å². The van der Waals surface area contributed by atoms with Crippen molar-refractivity contribution < 1.29 is 14.6 Å². The average Bonchev–Trinajstić information content (AvgIpc) is 2.13. The zero-order chi connectivity index (χ0) is 12.7. The predicted octanol–water partition coefficient (Wildman–Crippen LogP) is 0.822. The molecule has 0 aromatic carbocycles. The summed E-state index contributed by atoms with van der Waals surface area (Å²) in [6.45, 7) is 8.20. The number of nitrogens with one attached hydrogen (secondary N) is 1. The van der Waals surface area contributed by atoms with Gasteiger partial charge in [0, 0.05) is 19.7 Å². The minimum Gasteiger partial charge on any atom is -0.392 e. The molecule has 0 aromatic heterocycles. The standard InChI is InChI=1S/C11H24N2O3/c1-8(2)13(6-10(4)14)11(15)12-9(3)7-16-5/h8-10,14H,6-7H2,1-5H3,(H,12,15)/t9-,10+/m1/s1. The van der Waals surface area contributed by atoms with Crippen LogP contribution in [0.5, 0.6) is 0 Å². The van der Waals surface area contributed by atoms with Crippen molar-refractivity contribution in [2.24, 2.45) is 0 Å². The molecular weight excluding hydrogens is 208 g/mol. The summed E-state index contributed by atoms with van der Waals surface area (Å²) in [6, 6.07) is -0.141. The molecule has 0 aromatic rings. The fourth-order valence-corrected chi connectivity index (χ4v) is 1.40. The summed E-state index contributed by atoms with van der Waals surface area (Å²) in [6.07, 6.45) is -0.522. The van der Waals surface area contributed by atoms with E-state index in [1.807, 2.05) is 20.8 Å². The van der Waals surface area contributed by atoms with Gasteiger partial charge in [-0.3, -0.25) is 0 Å². The van der Waals surface area contributed by atoms with Gasteiger partial charge in [0.05, 0.1) is 18.8 Å². The number of carbonyl (C=O) groups excluding carboxylic acids is 1. The Morgan fingerprint density at radius 2 is 1.94 bits per heavy atom. The van der Waals surface area contributed by atoms with Gasteiger partial charge in [-0.2, -0.15) is 0 Å². The van der Waals surface area contributed by atoms with Crippen molar-refractivity contribution in [3.63, 3.8) is 0 Å². The van der Waals surface area contributed by atoms with Crippen LogP contribution in [-0.2, 0) is 4.74 Å². The van der Waals surface area contributed by atoms with E-state index in [4.69, 9.17) is 4.74 Å². The Kier molecular flexibility index (Phi) is 7.08. The number of carbonyl (C=O) groups is 1. The predicted molar refractivity (Wildman–Crippen MR) is 63.4 cm³/mol. The summed E-state index contributed by atoms with van der Waals surface area (Å²) in [5, 5.41) is 12.1. The normalized spacial score (nSPS) is 14.7. The minimum absolute atomic E-state index is 0.0345. The van der Waals surface area contributed by atoms with Crippen molar-refractivity contribution in [1.29, 1.82) is 0 Å². The molecule has 2 N–H and O–H groups in total. The van der Waals surface area contributed by atoms with E-state index in [1.165, 1.54) is 0 Å². The molecule has 0 heterocycles. The second-order valence-electron chi connectivity index (χ2n) is 4.40. The van der Waals surface area contributed by atoms with Crippen LogP contribution < -0.4 is 5.32 Å². The Hall–Kier alpha value is -0.810. The van der Waals surface area contributed by atoms with Crippen LogP contribution in [0.2, 0.25) is 0 Å². The van der Waals surface area contributed by atoms with Gasteiger partial charge in [0.1, 0.15) is 0 Å². The van der Waals surface area contributed by atoms with E-state index in [0.29, 0.717) is 13.2 Å². The van der Waals surface area contributed by atoms with Crippen molar-refractivity contribution in [2.45, 2.75) is 45.9 Å². The molecule has 0 aliphatic rings. The molecule has 0 unspecified atom stereocenters. The third kappa shape index (κ3) is 5.92. The Balaban J connectivity index is 4.27. The summed E-state index contributed by atoms with van der Waals surface area (Å²) in [5.41, 5.74) is 0. The number of hydrogen-bond donors (Lipinski definition) is 2. The summed E-state index contributed by atoms with van der Waals surface area (Å²) >= 11 is 0. The Morgan fingerprint density at radius 1 is 1.38 bits per heavy atom. The SMILES string of the molecule is COC[C@@H](C)NC(=O)N(C[C@H](C)O)C(C)C. The third-order valence-corrected chi connectivity index (χ3v) is 2.13. The van der Waals surface area contributed by atoms with Gasteiger partial charge < -0.3 is 20.1 Å². The van der Waals surface area contributed by atoms with E-state index in [1.54, 1.807) is 18.9 Å². The van der Waals surface area contributed by atoms with Gasteiger partial charge in [0.25, 0.3) is 0 Å². The summed E-state index contributed by atoms with van der Waals surface area (Å²) in [7, 11) is 1.60.